The Kier molecular flexibility index (Phi) is 2.82. The van der Waals surface area contributed by atoms with Crippen molar-refractivity contribution in [2.75, 3.05) is 0 Å². The number of aliphatic carboxylic acids is 1. The molecule has 0 saturated heterocycles. The SMILES string of the molecule is O=C(O)C(S)=Cc1cccc2c1CCC2. The molecular weight excluding hydrogens is 208 g/mol. The first kappa shape index (κ1) is 10.3. The van der Waals surface area contributed by atoms with Crippen LogP contribution in [0, 0.1) is 0 Å². The number of aryl methyl sites for hydroxylation is 1. The topological polar surface area (TPSA) is 37.3 Å². The lowest BCUT2D eigenvalue weighted by Crippen LogP contribution is -1.95. The Bertz CT molecular complexity index is 435. The summed E-state index contributed by atoms with van der Waals surface area (Å²) in [6.07, 6.45) is 4.94. The van der Waals surface area contributed by atoms with Gasteiger partial charge in [-0.25, -0.2) is 4.79 Å². The van der Waals surface area contributed by atoms with Gasteiger partial charge in [-0.3, -0.25) is 0 Å². The summed E-state index contributed by atoms with van der Waals surface area (Å²) in [5, 5.41) is 8.75. The minimum Gasteiger partial charge on any atom is -0.477 e. The average Bonchev–Trinajstić information content (AvgIpc) is 2.66. The number of fused-ring (bicyclic) bond motifs is 1. The zero-order valence-electron chi connectivity index (χ0n) is 8.23. The molecule has 0 fully saturated rings. The predicted octanol–water partition coefficient (Wildman–Crippen LogP) is 2.53. The molecule has 0 unspecified atom stereocenters. The first-order chi connectivity index (χ1) is 7.18. The third-order valence-electron chi connectivity index (χ3n) is 2.69. The highest BCUT2D eigenvalue weighted by Crippen LogP contribution is 2.27. The van der Waals surface area contributed by atoms with Gasteiger partial charge in [0.15, 0.2) is 0 Å². The number of thiol groups is 1. The lowest BCUT2D eigenvalue weighted by Gasteiger charge is -2.03. The molecule has 2 nitrogen and oxygen atoms in total. The van der Waals surface area contributed by atoms with Crippen molar-refractivity contribution in [2.24, 2.45) is 0 Å². The lowest BCUT2D eigenvalue weighted by molar-refractivity contribution is -0.131. The fourth-order valence-electron chi connectivity index (χ4n) is 1.99. The minimum absolute atomic E-state index is 0.0929. The van der Waals surface area contributed by atoms with Gasteiger partial charge in [-0.15, -0.1) is 12.6 Å². The van der Waals surface area contributed by atoms with Crippen molar-refractivity contribution in [3.63, 3.8) is 0 Å². The minimum atomic E-state index is -0.978. The first-order valence-electron chi connectivity index (χ1n) is 4.93. The Labute approximate surface area is 94.0 Å². The Balaban J connectivity index is 2.42. The number of carboxylic acids is 1. The number of carboxylic acid groups (broad SMARTS) is 1. The molecule has 15 heavy (non-hydrogen) atoms. The fraction of sp³-hybridized carbons (Fsp3) is 0.250. The Morgan fingerprint density at radius 2 is 2.20 bits per heavy atom. The van der Waals surface area contributed by atoms with Crippen LogP contribution < -0.4 is 0 Å². The van der Waals surface area contributed by atoms with Gasteiger partial charge in [0.05, 0.1) is 4.91 Å². The van der Waals surface area contributed by atoms with Crippen LogP contribution in [0.25, 0.3) is 6.08 Å². The van der Waals surface area contributed by atoms with Gasteiger partial charge in [-0.1, -0.05) is 18.2 Å². The molecule has 0 heterocycles. The number of benzene rings is 1. The molecule has 2 rings (SSSR count). The van der Waals surface area contributed by atoms with Crippen LogP contribution in [0.15, 0.2) is 23.1 Å². The van der Waals surface area contributed by atoms with Crippen LogP contribution in [-0.2, 0) is 17.6 Å². The summed E-state index contributed by atoms with van der Waals surface area (Å²) in [4.78, 5) is 10.8. The van der Waals surface area contributed by atoms with Crippen LogP contribution in [0.2, 0.25) is 0 Å². The second-order valence-corrected chi connectivity index (χ2v) is 4.16. The van der Waals surface area contributed by atoms with E-state index in [-0.39, 0.29) is 4.91 Å². The van der Waals surface area contributed by atoms with Crippen molar-refractivity contribution in [1.82, 2.24) is 0 Å². The number of hydrogen-bond donors (Lipinski definition) is 2. The highest BCUT2D eigenvalue weighted by molar-refractivity contribution is 7.85. The van der Waals surface area contributed by atoms with Crippen LogP contribution in [0.4, 0.5) is 0 Å². The van der Waals surface area contributed by atoms with Crippen molar-refractivity contribution < 1.29 is 9.90 Å². The molecular formula is C12H12O2S. The molecule has 1 aliphatic carbocycles. The van der Waals surface area contributed by atoms with Gasteiger partial charge in [0.25, 0.3) is 0 Å². The number of carbonyl (C=O) groups is 1. The molecule has 1 aromatic carbocycles. The molecule has 0 radical (unpaired) electrons. The molecule has 0 spiro atoms. The van der Waals surface area contributed by atoms with E-state index in [0.717, 1.165) is 24.8 Å². The molecule has 0 aromatic heterocycles. The summed E-state index contributed by atoms with van der Waals surface area (Å²) >= 11 is 3.94. The third kappa shape index (κ3) is 2.07. The van der Waals surface area contributed by atoms with E-state index < -0.39 is 5.97 Å². The summed E-state index contributed by atoms with van der Waals surface area (Å²) in [7, 11) is 0. The Morgan fingerprint density at radius 1 is 1.40 bits per heavy atom. The maximum absolute atomic E-state index is 10.7. The zero-order chi connectivity index (χ0) is 10.8. The van der Waals surface area contributed by atoms with Gasteiger partial charge in [0.2, 0.25) is 0 Å². The van der Waals surface area contributed by atoms with Crippen LogP contribution in [0.5, 0.6) is 0 Å². The van der Waals surface area contributed by atoms with E-state index in [1.165, 1.54) is 11.1 Å². The van der Waals surface area contributed by atoms with Crippen molar-refractivity contribution in [2.45, 2.75) is 19.3 Å². The van der Waals surface area contributed by atoms with Gasteiger partial charge >= 0.3 is 5.97 Å². The first-order valence-corrected chi connectivity index (χ1v) is 5.38. The van der Waals surface area contributed by atoms with Gasteiger partial charge in [0, 0.05) is 0 Å². The summed E-state index contributed by atoms with van der Waals surface area (Å²) in [5.41, 5.74) is 3.62. The normalized spacial score (nSPS) is 15.1. The summed E-state index contributed by atoms with van der Waals surface area (Å²) in [6, 6.07) is 6.03. The predicted molar refractivity (Wildman–Crippen MR) is 63.1 cm³/mol. The molecule has 0 atom stereocenters. The molecule has 1 aliphatic rings. The number of hydrogen-bond acceptors (Lipinski definition) is 2. The Hall–Kier alpha value is -1.22. The van der Waals surface area contributed by atoms with Gasteiger partial charge in [-0.2, -0.15) is 0 Å². The standard InChI is InChI=1S/C12H12O2S/c13-12(14)11(15)7-9-5-1-3-8-4-2-6-10(8)9/h1,3,5,7,15H,2,4,6H2,(H,13,14). The molecule has 0 aliphatic heterocycles. The summed E-state index contributed by atoms with van der Waals surface area (Å²) in [5.74, 6) is -0.978. The van der Waals surface area contributed by atoms with Crippen LogP contribution >= 0.6 is 12.6 Å². The van der Waals surface area contributed by atoms with Crippen LogP contribution in [-0.4, -0.2) is 11.1 Å². The van der Waals surface area contributed by atoms with E-state index in [1.807, 2.05) is 12.1 Å². The van der Waals surface area contributed by atoms with Gasteiger partial charge in [0.1, 0.15) is 0 Å². The molecule has 3 heteroatoms. The second kappa shape index (κ2) is 4.11. The van der Waals surface area contributed by atoms with Gasteiger partial charge in [-0.05, 0) is 42.0 Å². The largest absolute Gasteiger partial charge is 0.477 e. The molecule has 1 N–H and O–H groups in total. The van der Waals surface area contributed by atoms with Crippen LogP contribution in [0.1, 0.15) is 23.1 Å². The van der Waals surface area contributed by atoms with Crippen LogP contribution in [0.3, 0.4) is 0 Å². The number of rotatable bonds is 2. The van der Waals surface area contributed by atoms with E-state index in [2.05, 4.69) is 18.7 Å². The maximum atomic E-state index is 10.7. The third-order valence-corrected chi connectivity index (χ3v) is 3.01. The Morgan fingerprint density at radius 3 is 2.93 bits per heavy atom. The molecule has 0 saturated carbocycles. The van der Waals surface area contributed by atoms with Crippen molar-refractivity contribution in [3.8, 4) is 0 Å². The quantitative estimate of drug-likeness (QED) is 0.593. The summed E-state index contributed by atoms with van der Waals surface area (Å²) < 4.78 is 0. The van der Waals surface area contributed by atoms with E-state index in [9.17, 15) is 4.79 Å². The monoisotopic (exact) mass is 220 g/mol. The van der Waals surface area contributed by atoms with Crippen molar-refractivity contribution in [1.29, 1.82) is 0 Å². The van der Waals surface area contributed by atoms with E-state index in [1.54, 1.807) is 6.08 Å². The average molecular weight is 220 g/mol. The van der Waals surface area contributed by atoms with Crippen molar-refractivity contribution >= 4 is 24.7 Å². The molecule has 78 valence electrons. The van der Waals surface area contributed by atoms with Gasteiger partial charge < -0.3 is 5.11 Å². The molecule has 0 amide bonds. The summed E-state index contributed by atoms with van der Waals surface area (Å²) in [6.45, 7) is 0. The van der Waals surface area contributed by atoms with E-state index >= 15 is 0 Å². The lowest BCUT2D eigenvalue weighted by atomic mass is 10.0. The molecule has 1 aromatic rings. The highest BCUT2D eigenvalue weighted by Gasteiger charge is 2.13. The van der Waals surface area contributed by atoms with E-state index in [0.29, 0.717) is 0 Å². The second-order valence-electron chi connectivity index (χ2n) is 3.67. The van der Waals surface area contributed by atoms with E-state index in [4.69, 9.17) is 5.11 Å². The zero-order valence-corrected chi connectivity index (χ0v) is 9.13. The van der Waals surface area contributed by atoms with Crippen molar-refractivity contribution in [3.05, 3.63) is 39.8 Å². The smallest absolute Gasteiger partial charge is 0.341 e. The fourth-order valence-corrected chi connectivity index (χ4v) is 2.13. The maximum Gasteiger partial charge on any atom is 0.341 e. The highest BCUT2D eigenvalue weighted by atomic mass is 32.1. The molecule has 0 bridgehead atoms.